The van der Waals surface area contributed by atoms with E-state index in [0.717, 1.165) is 30.1 Å². The lowest BCUT2D eigenvalue weighted by atomic mass is 10.1. The van der Waals surface area contributed by atoms with Crippen molar-refractivity contribution in [2.24, 2.45) is 0 Å². The lowest BCUT2D eigenvalue weighted by molar-refractivity contribution is 0.590. The van der Waals surface area contributed by atoms with Gasteiger partial charge < -0.3 is 10.6 Å². The zero-order valence-corrected chi connectivity index (χ0v) is 9.47. The zero-order chi connectivity index (χ0) is 9.40. The maximum Gasteiger partial charge on any atom is 0.0923 e. The highest BCUT2D eigenvalue weighted by atomic mass is 32.1. The maximum atomic E-state index is 5.16. The number of thiol groups is 1. The van der Waals surface area contributed by atoms with Crippen molar-refractivity contribution in [3.63, 3.8) is 0 Å². The Balaban J connectivity index is 3.76. The molecule has 0 aliphatic rings. The topological polar surface area (TPSA) is 24.1 Å². The molecule has 0 aromatic carbocycles. The Morgan fingerprint density at radius 2 is 2.25 bits per heavy atom. The summed E-state index contributed by atoms with van der Waals surface area (Å²) < 4.78 is 0. The highest BCUT2D eigenvalue weighted by Gasteiger charge is 2.09. The largest absolute Gasteiger partial charge is 0.381 e. The molecular formula is C8H18N2S2. The number of likely N-dealkylation sites (N-methyl/N-ethyl adjacent to an activating group) is 1. The minimum atomic E-state index is 0.321. The SMILES string of the molecule is CCCC(NCCS)C(=S)NC. The Labute approximate surface area is 85.9 Å². The van der Waals surface area contributed by atoms with Gasteiger partial charge in [0, 0.05) is 19.3 Å². The van der Waals surface area contributed by atoms with Crippen LogP contribution in [0.4, 0.5) is 0 Å². The molecule has 0 saturated carbocycles. The molecule has 0 fully saturated rings. The van der Waals surface area contributed by atoms with Crippen molar-refractivity contribution in [1.82, 2.24) is 10.6 Å². The van der Waals surface area contributed by atoms with E-state index in [1.54, 1.807) is 0 Å². The second-order valence-corrected chi connectivity index (χ2v) is 3.52. The lowest BCUT2D eigenvalue weighted by Crippen LogP contribution is -2.42. The number of thiocarbonyl (C=S) groups is 1. The highest BCUT2D eigenvalue weighted by Crippen LogP contribution is 1.97. The van der Waals surface area contributed by atoms with Crippen LogP contribution in [0.1, 0.15) is 19.8 Å². The number of rotatable bonds is 6. The molecule has 1 atom stereocenters. The predicted octanol–water partition coefficient (Wildman–Crippen LogP) is 1.22. The van der Waals surface area contributed by atoms with Crippen LogP contribution in [0, 0.1) is 0 Å². The van der Waals surface area contributed by atoms with Crippen LogP contribution in [-0.2, 0) is 0 Å². The van der Waals surface area contributed by atoms with Gasteiger partial charge in [0.1, 0.15) is 0 Å². The molecule has 4 heteroatoms. The third-order valence-corrected chi connectivity index (χ3v) is 2.36. The van der Waals surface area contributed by atoms with E-state index in [-0.39, 0.29) is 0 Å². The molecule has 0 aromatic heterocycles. The van der Waals surface area contributed by atoms with Crippen molar-refractivity contribution in [2.45, 2.75) is 25.8 Å². The summed E-state index contributed by atoms with van der Waals surface area (Å²) in [4.78, 5) is 0.902. The van der Waals surface area contributed by atoms with Crippen molar-refractivity contribution in [1.29, 1.82) is 0 Å². The maximum absolute atomic E-state index is 5.16. The first kappa shape index (κ1) is 12.2. The summed E-state index contributed by atoms with van der Waals surface area (Å²) in [6, 6.07) is 0.321. The number of hydrogen-bond acceptors (Lipinski definition) is 3. The molecule has 0 aromatic rings. The summed E-state index contributed by atoms with van der Waals surface area (Å²) in [7, 11) is 1.87. The van der Waals surface area contributed by atoms with E-state index in [1.807, 2.05) is 7.05 Å². The van der Waals surface area contributed by atoms with Crippen molar-refractivity contribution in [2.75, 3.05) is 19.3 Å². The summed E-state index contributed by atoms with van der Waals surface area (Å²) in [5.74, 6) is 0.854. The van der Waals surface area contributed by atoms with Gasteiger partial charge in [-0.1, -0.05) is 25.6 Å². The number of nitrogens with one attached hydrogen (secondary N) is 2. The van der Waals surface area contributed by atoms with E-state index in [9.17, 15) is 0 Å². The smallest absolute Gasteiger partial charge is 0.0923 e. The standard InChI is InChI=1S/C8H18N2S2/c1-3-4-7(8(12)9-2)10-5-6-11/h7,10-11H,3-6H2,1-2H3,(H,9,12). The fraction of sp³-hybridized carbons (Fsp3) is 0.875. The molecule has 0 aliphatic heterocycles. The van der Waals surface area contributed by atoms with Gasteiger partial charge in [0.15, 0.2) is 0 Å². The first-order valence-electron chi connectivity index (χ1n) is 4.32. The second kappa shape index (κ2) is 7.83. The minimum absolute atomic E-state index is 0.321. The van der Waals surface area contributed by atoms with E-state index in [1.165, 1.54) is 0 Å². The lowest BCUT2D eigenvalue weighted by Gasteiger charge is -2.18. The van der Waals surface area contributed by atoms with Gasteiger partial charge in [-0.2, -0.15) is 12.6 Å². The van der Waals surface area contributed by atoms with E-state index in [4.69, 9.17) is 12.2 Å². The highest BCUT2D eigenvalue weighted by molar-refractivity contribution is 7.80. The van der Waals surface area contributed by atoms with Crippen molar-refractivity contribution in [3.05, 3.63) is 0 Å². The zero-order valence-electron chi connectivity index (χ0n) is 7.76. The molecule has 1 unspecified atom stereocenters. The Hall–Kier alpha value is 0.200. The normalized spacial score (nSPS) is 12.6. The van der Waals surface area contributed by atoms with Crippen molar-refractivity contribution >= 4 is 29.8 Å². The minimum Gasteiger partial charge on any atom is -0.381 e. The Morgan fingerprint density at radius 3 is 2.67 bits per heavy atom. The van der Waals surface area contributed by atoms with Crippen LogP contribution in [0.15, 0.2) is 0 Å². The molecule has 0 rings (SSSR count). The summed E-state index contributed by atoms with van der Waals surface area (Å²) in [6.45, 7) is 3.07. The van der Waals surface area contributed by atoms with E-state index in [0.29, 0.717) is 6.04 Å². The Bertz CT molecular complexity index is 128. The summed E-state index contributed by atoms with van der Waals surface area (Å²) in [5.41, 5.74) is 0. The Morgan fingerprint density at radius 1 is 1.58 bits per heavy atom. The van der Waals surface area contributed by atoms with Crippen LogP contribution in [-0.4, -0.2) is 30.4 Å². The third kappa shape index (κ3) is 4.95. The molecule has 0 heterocycles. The van der Waals surface area contributed by atoms with Crippen LogP contribution < -0.4 is 10.6 Å². The molecule has 0 bridgehead atoms. The average molecular weight is 206 g/mol. The van der Waals surface area contributed by atoms with Gasteiger partial charge in [0.25, 0.3) is 0 Å². The quantitative estimate of drug-likeness (QED) is 0.450. The first-order chi connectivity index (χ1) is 5.76. The average Bonchev–Trinajstić information content (AvgIpc) is 2.11. The molecule has 0 amide bonds. The van der Waals surface area contributed by atoms with Gasteiger partial charge in [-0.25, -0.2) is 0 Å². The van der Waals surface area contributed by atoms with E-state index < -0.39 is 0 Å². The monoisotopic (exact) mass is 206 g/mol. The molecule has 0 radical (unpaired) electrons. The molecule has 0 spiro atoms. The van der Waals surface area contributed by atoms with Crippen LogP contribution in [0.3, 0.4) is 0 Å². The number of hydrogen-bond donors (Lipinski definition) is 3. The van der Waals surface area contributed by atoms with Crippen molar-refractivity contribution < 1.29 is 0 Å². The third-order valence-electron chi connectivity index (χ3n) is 1.64. The van der Waals surface area contributed by atoms with E-state index >= 15 is 0 Å². The van der Waals surface area contributed by atoms with Gasteiger partial charge in [0.2, 0.25) is 0 Å². The molecule has 2 nitrogen and oxygen atoms in total. The molecule has 2 N–H and O–H groups in total. The molecule has 12 heavy (non-hydrogen) atoms. The van der Waals surface area contributed by atoms with Crippen LogP contribution >= 0.6 is 24.8 Å². The van der Waals surface area contributed by atoms with Crippen LogP contribution in [0.25, 0.3) is 0 Å². The summed E-state index contributed by atoms with van der Waals surface area (Å²) in [6.07, 6.45) is 2.24. The fourth-order valence-electron chi connectivity index (χ4n) is 1.03. The molecular weight excluding hydrogens is 188 g/mol. The second-order valence-electron chi connectivity index (χ2n) is 2.63. The summed E-state index contributed by atoms with van der Waals surface area (Å²) >= 11 is 9.29. The first-order valence-corrected chi connectivity index (χ1v) is 5.36. The summed E-state index contributed by atoms with van der Waals surface area (Å²) in [5, 5.41) is 6.34. The van der Waals surface area contributed by atoms with Gasteiger partial charge in [-0.3, -0.25) is 0 Å². The Kier molecular flexibility index (Phi) is 7.96. The van der Waals surface area contributed by atoms with Crippen LogP contribution in [0.5, 0.6) is 0 Å². The molecule has 0 saturated heterocycles. The molecule has 0 aliphatic carbocycles. The van der Waals surface area contributed by atoms with Gasteiger partial charge in [-0.05, 0) is 6.42 Å². The predicted molar refractivity (Wildman–Crippen MR) is 62.2 cm³/mol. The van der Waals surface area contributed by atoms with Gasteiger partial charge in [-0.15, -0.1) is 0 Å². The van der Waals surface area contributed by atoms with Gasteiger partial charge >= 0.3 is 0 Å². The fourth-order valence-corrected chi connectivity index (χ4v) is 1.36. The van der Waals surface area contributed by atoms with Crippen molar-refractivity contribution in [3.8, 4) is 0 Å². The van der Waals surface area contributed by atoms with Crippen LogP contribution in [0.2, 0.25) is 0 Å². The molecule has 72 valence electrons. The van der Waals surface area contributed by atoms with Gasteiger partial charge in [0.05, 0.1) is 11.0 Å². The van der Waals surface area contributed by atoms with E-state index in [2.05, 4.69) is 30.2 Å².